The first kappa shape index (κ1) is 18.2. The molecule has 0 bridgehead atoms. The van der Waals surface area contributed by atoms with Crippen LogP contribution in [-0.4, -0.2) is 33.4 Å². The molecule has 1 aromatic carbocycles. The number of carbonyl (C=O) groups excluding carboxylic acids is 1. The van der Waals surface area contributed by atoms with Gasteiger partial charge in [-0.2, -0.15) is 5.10 Å². The Kier molecular flexibility index (Phi) is 6.55. The molecule has 2 N–H and O–H groups in total. The third-order valence-electron chi connectivity index (χ3n) is 4.19. The van der Waals surface area contributed by atoms with E-state index in [-0.39, 0.29) is 18.5 Å². The van der Waals surface area contributed by atoms with Crippen LogP contribution in [0.1, 0.15) is 54.5 Å². The Hall–Kier alpha value is -2.14. The number of aliphatic hydroxyl groups is 1. The lowest BCUT2D eigenvalue weighted by atomic mass is 10.1. The molecule has 1 aromatic heterocycles. The van der Waals surface area contributed by atoms with Crippen molar-refractivity contribution in [3.63, 3.8) is 0 Å². The molecule has 0 radical (unpaired) electrons. The smallest absolute Gasteiger partial charge is 0.269 e. The summed E-state index contributed by atoms with van der Waals surface area (Å²) in [5.41, 5.74) is 2.45. The predicted octanol–water partition coefficient (Wildman–Crippen LogP) is 2.89. The summed E-state index contributed by atoms with van der Waals surface area (Å²) >= 11 is 0. The van der Waals surface area contributed by atoms with Gasteiger partial charge in [0.05, 0.1) is 17.8 Å². The highest BCUT2D eigenvalue weighted by Gasteiger charge is 2.19. The van der Waals surface area contributed by atoms with Gasteiger partial charge in [0.25, 0.3) is 5.91 Å². The van der Waals surface area contributed by atoms with Crippen molar-refractivity contribution in [3.05, 3.63) is 53.3 Å². The normalized spacial score (nSPS) is 12.4. The van der Waals surface area contributed by atoms with Crippen molar-refractivity contribution in [3.8, 4) is 0 Å². The van der Waals surface area contributed by atoms with E-state index >= 15 is 0 Å². The maximum atomic E-state index is 12.5. The lowest BCUT2D eigenvalue weighted by Gasteiger charge is -2.17. The molecule has 5 heteroatoms. The zero-order valence-corrected chi connectivity index (χ0v) is 14.7. The molecule has 0 aliphatic carbocycles. The van der Waals surface area contributed by atoms with Gasteiger partial charge >= 0.3 is 0 Å². The van der Waals surface area contributed by atoms with Crippen LogP contribution >= 0.6 is 0 Å². The van der Waals surface area contributed by atoms with Gasteiger partial charge in [0.2, 0.25) is 0 Å². The van der Waals surface area contributed by atoms with Crippen LogP contribution in [0, 0.1) is 6.92 Å². The van der Waals surface area contributed by atoms with Gasteiger partial charge in [0, 0.05) is 13.0 Å². The summed E-state index contributed by atoms with van der Waals surface area (Å²) < 4.78 is 1.81. The van der Waals surface area contributed by atoms with E-state index in [0.717, 1.165) is 24.1 Å². The average Bonchev–Trinajstić information content (AvgIpc) is 2.96. The number of aryl methyl sites for hydroxylation is 1. The van der Waals surface area contributed by atoms with Crippen molar-refractivity contribution in [2.75, 3.05) is 6.54 Å². The van der Waals surface area contributed by atoms with Crippen LogP contribution < -0.4 is 5.32 Å². The van der Waals surface area contributed by atoms with Crippen LogP contribution in [0.5, 0.6) is 0 Å². The fourth-order valence-corrected chi connectivity index (χ4v) is 2.86. The fourth-order valence-electron chi connectivity index (χ4n) is 2.86. The molecule has 130 valence electrons. The molecule has 0 spiro atoms. The molecule has 1 heterocycles. The van der Waals surface area contributed by atoms with E-state index < -0.39 is 6.10 Å². The first-order valence-electron chi connectivity index (χ1n) is 8.61. The maximum absolute atomic E-state index is 12.5. The molecule has 1 amide bonds. The Morgan fingerprint density at radius 3 is 2.54 bits per heavy atom. The summed E-state index contributed by atoms with van der Waals surface area (Å²) in [4.78, 5) is 12.5. The minimum Gasteiger partial charge on any atom is -0.391 e. The molecular weight excluding hydrogens is 302 g/mol. The third kappa shape index (κ3) is 4.68. The number of hydrogen-bond acceptors (Lipinski definition) is 3. The SMILES string of the molecule is CCC(CC)n1nc(C)cc1C(=O)NCC(O)Cc1ccccc1. The highest BCUT2D eigenvalue weighted by atomic mass is 16.3. The Bertz CT molecular complexity index is 648. The second-order valence-electron chi connectivity index (χ2n) is 6.14. The second-order valence-corrected chi connectivity index (χ2v) is 6.14. The minimum atomic E-state index is -0.609. The van der Waals surface area contributed by atoms with E-state index in [0.29, 0.717) is 12.1 Å². The van der Waals surface area contributed by atoms with Gasteiger partial charge in [0.15, 0.2) is 0 Å². The molecule has 24 heavy (non-hydrogen) atoms. The van der Waals surface area contributed by atoms with Crippen molar-refractivity contribution in [2.24, 2.45) is 0 Å². The van der Waals surface area contributed by atoms with Crippen molar-refractivity contribution in [1.29, 1.82) is 0 Å². The molecular formula is C19H27N3O2. The number of nitrogens with zero attached hydrogens (tertiary/aromatic N) is 2. The van der Waals surface area contributed by atoms with Crippen LogP contribution in [0.4, 0.5) is 0 Å². The number of benzene rings is 1. The standard InChI is InChI=1S/C19H27N3O2/c1-4-16(5-2)22-18(11-14(3)21-22)19(24)20-13-17(23)12-15-9-7-6-8-10-15/h6-11,16-17,23H,4-5,12-13H2,1-3H3,(H,20,24). The van der Waals surface area contributed by atoms with E-state index in [2.05, 4.69) is 24.3 Å². The quantitative estimate of drug-likeness (QED) is 0.782. The van der Waals surface area contributed by atoms with E-state index in [9.17, 15) is 9.90 Å². The highest BCUT2D eigenvalue weighted by Crippen LogP contribution is 2.18. The Morgan fingerprint density at radius 1 is 1.25 bits per heavy atom. The van der Waals surface area contributed by atoms with E-state index in [4.69, 9.17) is 0 Å². The lowest BCUT2D eigenvalue weighted by Crippen LogP contribution is -2.34. The summed E-state index contributed by atoms with van der Waals surface area (Å²) in [5.74, 6) is -0.186. The summed E-state index contributed by atoms with van der Waals surface area (Å²) in [5, 5.41) is 17.4. The van der Waals surface area contributed by atoms with Crippen molar-refractivity contribution in [1.82, 2.24) is 15.1 Å². The zero-order valence-electron chi connectivity index (χ0n) is 14.7. The van der Waals surface area contributed by atoms with Gasteiger partial charge < -0.3 is 10.4 Å². The van der Waals surface area contributed by atoms with Crippen LogP contribution in [0.3, 0.4) is 0 Å². The summed E-state index contributed by atoms with van der Waals surface area (Å²) in [6.45, 7) is 6.30. The van der Waals surface area contributed by atoms with Crippen LogP contribution in [0.2, 0.25) is 0 Å². The average molecular weight is 329 g/mol. The molecule has 2 aromatic rings. The summed E-state index contributed by atoms with van der Waals surface area (Å²) in [6.07, 6.45) is 1.76. The van der Waals surface area contributed by atoms with E-state index in [1.54, 1.807) is 6.07 Å². The van der Waals surface area contributed by atoms with Gasteiger partial charge in [-0.15, -0.1) is 0 Å². The van der Waals surface area contributed by atoms with Gasteiger partial charge in [-0.3, -0.25) is 9.48 Å². The van der Waals surface area contributed by atoms with Gasteiger partial charge in [-0.05, 0) is 31.4 Å². The summed E-state index contributed by atoms with van der Waals surface area (Å²) in [7, 11) is 0. The number of aromatic nitrogens is 2. The van der Waals surface area contributed by atoms with Crippen LogP contribution in [-0.2, 0) is 6.42 Å². The molecule has 2 rings (SSSR count). The largest absolute Gasteiger partial charge is 0.391 e. The topological polar surface area (TPSA) is 67.2 Å². The van der Waals surface area contributed by atoms with E-state index in [1.165, 1.54) is 0 Å². The Morgan fingerprint density at radius 2 is 1.92 bits per heavy atom. The van der Waals surface area contributed by atoms with Crippen molar-refractivity contribution < 1.29 is 9.90 Å². The van der Waals surface area contributed by atoms with Crippen molar-refractivity contribution >= 4 is 5.91 Å². The predicted molar refractivity (Wildman–Crippen MR) is 95.1 cm³/mol. The highest BCUT2D eigenvalue weighted by molar-refractivity contribution is 5.92. The van der Waals surface area contributed by atoms with Gasteiger partial charge in [-0.25, -0.2) is 0 Å². The van der Waals surface area contributed by atoms with Crippen LogP contribution in [0.25, 0.3) is 0 Å². The number of amides is 1. The Labute approximate surface area is 143 Å². The fraction of sp³-hybridized carbons (Fsp3) is 0.474. The molecule has 0 saturated carbocycles. The zero-order chi connectivity index (χ0) is 17.5. The third-order valence-corrected chi connectivity index (χ3v) is 4.19. The number of rotatable bonds is 8. The summed E-state index contributed by atoms with van der Waals surface area (Å²) in [6, 6.07) is 11.8. The molecule has 0 aliphatic heterocycles. The Balaban J connectivity index is 1.97. The van der Waals surface area contributed by atoms with Crippen LogP contribution in [0.15, 0.2) is 36.4 Å². The minimum absolute atomic E-state index is 0.186. The monoisotopic (exact) mass is 329 g/mol. The number of nitrogens with one attached hydrogen (secondary N) is 1. The van der Waals surface area contributed by atoms with E-state index in [1.807, 2.05) is 41.9 Å². The number of hydrogen-bond donors (Lipinski definition) is 2. The molecule has 0 saturated heterocycles. The molecule has 5 nitrogen and oxygen atoms in total. The molecule has 0 aliphatic rings. The maximum Gasteiger partial charge on any atom is 0.269 e. The molecule has 1 atom stereocenters. The molecule has 1 unspecified atom stereocenters. The van der Waals surface area contributed by atoms with Gasteiger partial charge in [-0.1, -0.05) is 44.2 Å². The van der Waals surface area contributed by atoms with Crippen molar-refractivity contribution in [2.45, 2.75) is 52.2 Å². The van der Waals surface area contributed by atoms with Gasteiger partial charge in [0.1, 0.15) is 5.69 Å². The molecule has 0 fully saturated rings. The number of aliphatic hydroxyl groups excluding tert-OH is 1. The first-order valence-corrected chi connectivity index (χ1v) is 8.61. The number of carbonyl (C=O) groups is 1. The second kappa shape index (κ2) is 8.64. The first-order chi connectivity index (χ1) is 11.5. The lowest BCUT2D eigenvalue weighted by molar-refractivity contribution is 0.0902.